The lowest BCUT2D eigenvalue weighted by Crippen LogP contribution is -2.30. The van der Waals surface area contributed by atoms with Gasteiger partial charge in [-0.2, -0.15) is 0 Å². The lowest BCUT2D eigenvalue weighted by molar-refractivity contribution is 0.0952. The van der Waals surface area contributed by atoms with Gasteiger partial charge in [0.15, 0.2) is 0 Å². The van der Waals surface area contributed by atoms with Crippen molar-refractivity contribution in [1.82, 2.24) is 10.3 Å². The first-order valence-corrected chi connectivity index (χ1v) is 6.25. The van der Waals surface area contributed by atoms with Crippen LogP contribution in [0, 0.1) is 0 Å². The summed E-state index contributed by atoms with van der Waals surface area (Å²) in [6.07, 6.45) is 2.07. The van der Waals surface area contributed by atoms with Gasteiger partial charge >= 0.3 is 0 Å². The van der Waals surface area contributed by atoms with Crippen molar-refractivity contribution < 1.29 is 4.79 Å². The van der Waals surface area contributed by atoms with Crippen molar-refractivity contribution >= 4 is 17.5 Å². The molecule has 4 nitrogen and oxygen atoms in total. The topological polar surface area (TPSA) is 62.0 Å². The van der Waals surface area contributed by atoms with Crippen molar-refractivity contribution in [3.05, 3.63) is 69.1 Å². The molecule has 1 amide bonds. The smallest absolute Gasteiger partial charge is 0.260 e. The van der Waals surface area contributed by atoms with Gasteiger partial charge in [0, 0.05) is 12.7 Å². The maximum atomic E-state index is 11.8. The van der Waals surface area contributed by atoms with Crippen LogP contribution in [0.25, 0.3) is 0 Å². The maximum Gasteiger partial charge on any atom is 0.260 e. The third kappa shape index (κ3) is 3.69. The van der Waals surface area contributed by atoms with E-state index in [1.807, 2.05) is 30.3 Å². The Labute approximate surface area is 115 Å². The van der Waals surface area contributed by atoms with Crippen molar-refractivity contribution in [3.8, 4) is 0 Å². The molecule has 5 heteroatoms. The molecule has 0 aliphatic heterocycles. The number of halogens is 1. The molecule has 2 rings (SSSR count). The number of H-pyrrole nitrogens is 1. The van der Waals surface area contributed by atoms with Crippen LogP contribution in [0.1, 0.15) is 15.9 Å². The van der Waals surface area contributed by atoms with E-state index in [2.05, 4.69) is 10.3 Å². The Kier molecular flexibility index (Phi) is 4.36. The average molecular weight is 277 g/mol. The van der Waals surface area contributed by atoms with Crippen molar-refractivity contribution in [2.24, 2.45) is 0 Å². The van der Waals surface area contributed by atoms with Crippen molar-refractivity contribution in [1.29, 1.82) is 0 Å². The summed E-state index contributed by atoms with van der Waals surface area (Å²) in [7, 11) is 0. The van der Waals surface area contributed by atoms with Crippen LogP contribution in [0.5, 0.6) is 0 Å². The molecule has 0 unspecified atom stereocenters. The molecule has 19 heavy (non-hydrogen) atoms. The van der Waals surface area contributed by atoms with Gasteiger partial charge in [-0.15, -0.1) is 0 Å². The number of aromatic nitrogens is 1. The molecule has 0 saturated carbocycles. The number of aromatic amines is 1. The molecule has 2 N–H and O–H groups in total. The van der Waals surface area contributed by atoms with Crippen LogP contribution in [0.3, 0.4) is 0 Å². The van der Waals surface area contributed by atoms with Crippen LogP contribution in [0.15, 0.2) is 47.4 Å². The molecule has 0 aliphatic carbocycles. The molecule has 1 aromatic carbocycles. The number of carbonyl (C=O) groups is 1. The summed E-state index contributed by atoms with van der Waals surface area (Å²) in [6, 6.07) is 11.2. The minimum atomic E-state index is -0.443. The van der Waals surface area contributed by atoms with Crippen molar-refractivity contribution in [2.75, 3.05) is 6.54 Å². The summed E-state index contributed by atoms with van der Waals surface area (Å²) < 4.78 is 0. The highest BCUT2D eigenvalue weighted by atomic mass is 35.5. The van der Waals surface area contributed by atoms with Gasteiger partial charge in [0.1, 0.15) is 5.56 Å². The predicted octanol–water partition coefficient (Wildman–Crippen LogP) is 2.00. The highest BCUT2D eigenvalue weighted by Crippen LogP contribution is 2.05. The molecule has 0 radical (unpaired) electrons. The molecule has 0 aliphatic rings. The Hall–Kier alpha value is -2.07. The molecular weight excluding hydrogens is 264 g/mol. The van der Waals surface area contributed by atoms with Gasteiger partial charge in [0.2, 0.25) is 0 Å². The van der Waals surface area contributed by atoms with Crippen LogP contribution >= 0.6 is 11.6 Å². The first-order chi connectivity index (χ1) is 9.16. The van der Waals surface area contributed by atoms with Gasteiger partial charge in [-0.05, 0) is 18.1 Å². The lowest BCUT2D eigenvalue weighted by atomic mass is 10.1. The highest BCUT2D eigenvalue weighted by Gasteiger charge is 2.10. The second kappa shape index (κ2) is 6.20. The van der Waals surface area contributed by atoms with Gasteiger partial charge in [-0.3, -0.25) is 9.59 Å². The molecule has 0 spiro atoms. The van der Waals surface area contributed by atoms with Crippen LogP contribution in [-0.2, 0) is 6.42 Å². The Balaban J connectivity index is 1.95. The second-order valence-electron chi connectivity index (χ2n) is 4.05. The Morgan fingerprint density at radius 2 is 2.00 bits per heavy atom. The van der Waals surface area contributed by atoms with E-state index in [1.54, 1.807) is 0 Å². The molecule has 0 saturated heterocycles. The van der Waals surface area contributed by atoms with Gasteiger partial charge < -0.3 is 10.3 Å². The minimum Gasteiger partial charge on any atom is -0.352 e. The third-order valence-corrected chi connectivity index (χ3v) is 2.87. The summed E-state index contributed by atoms with van der Waals surface area (Å²) in [5, 5.41) is 3.02. The number of carbonyl (C=O) groups excluding carboxylic acids is 1. The maximum absolute atomic E-state index is 11.8. The van der Waals surface area contributed by atoms with Gasteiger partial charge in [-0.1, -0.05) is 41.9 Å². The number of hydrogen-bond donors (Lipinski definition) is 2. The van der Waals surface area contributed by atoms with Gasteiger partial charge in [0.25, 0.3) is 11.5 Å². The fourth-order valence-electron chi connectivity index (χ4n) is 1.69. The van der Waals surface area contributed by atoms with Gasteiger partial charge in [-0.25, -0.2) is 0 Å². The molecule has 0 fully saturated rings. The molecule has 98 valence electrons. The standard InChI is InChI=1S/C14H13ClN2O2/c15-11-8-12(14(19)17-9-11)13(18)16-7-6-10-4-2-1-3-5-10/h1-5,8-9H,6-7H2,(H,16,18)(H,17,19). The quantitative estimate of drug-likeness (QED) is 0.897. The summed E-state index contributed by atoms with van der Waals surface area (Å²) in [6.45, 7) is 0.467. The summed E-state index contributed by atoms with van der Waals surface area (Å²) in [5.74, 6) is -0.417. The Bertz CT molecular complexity index is 623. The van der Waals surface area contributed by atoms with E-state index in [9.17, 15) is 9.59 Å². The van der Waals surface area contributed by atoms with E-state index >= 15 is 0 Å². The van der Waals surface area contributed by atoms with E-state index in [0.717, 1.165) is 5.56 Å². The third-order valence-electron chi connectivity index (χ3n) is 2.65. The number of hydrogen-bond acceptors (Lipinski definition) is 2. The lowest BCUT2D eigenvalue weighted by Gasteiger charge is -2.05. The fourth-order valence-corrected chi connectivity index (χ4v) is 1.85. The van der Waals surface area contributed by atoms with Crippen LogP contribution in [0.2, 0.25) is 5.02 Å². The zero-order chi connectivity index (χ0) is 13.7. The molecule has 0 bridgehead atoms. The monoisotopic (exact) mass is 276 g/mol. The number of amides is 1. The predicted molar refractivity (Wildman–Crippen MR) is 74.6 cm³/mol. The molecule has 2 aromatic rings. The molecule has 0 atom stereocenters. The van der Waals surface area contributed by atoms with Crippen LogP contribution in [-0.4, -0.2) is 17.4 Å². The normalized spacial score (nSPS) is 10.2. The van der Waals surface area contributed by atoms with Gasteiger partial charge in [0.05, 0.1) is 5.02 Å². The van der Waals surface area contributed by atoms with E-state index in [4.69, 9.17) is 11.6 Å². The summed E-state index contributed by atoms with van der Waals surface area (Å²) in [4.78, 5) is 25.7. The Morgan fingerprint density at radius 1 is 1.26 bits per heavy atom. The van der Waals surface area contributed by atoms with Crippen LogP contribution < -0.4 is 10.9 Å². The Morgan fingerprint density at radius 3 is 2.74 bits per heavy atom. The minimum absolute atomic E-state index is 0.0283. The first-order valence-electron chi connectivity index (χ1n) is 5.87. The largest absolute Gasteiger partial charge is 0.352 e. The number of pyridine rings is 1. The zero-order valence-corrected chi connectivity index (χ0v) is 10.9. The van der Waals surface area contributed by atoms with E-state index in [-0.39, 0.29) is 5.56 Å². The van der Waals surface area contributed by atoms with Crippen LogP contribution in [0.4, 0.5) is 0 Å². The summed E-state index contributed by atoms with van der Waals surface area (Å²) >= 11 is 5.74. The first kappa shape index (κ1) is 13.4. The summed E-state index contributed by atoms with van der Waals surface area (Å²) in [5.41, 5.74) is 0.713. The second-order valence-corrected chi connectivity index (χ2v) is 4.49. The van der Waals surface area contributed by atoms with Crippen molar-refractivity contribution in [3.63, 3.8) is 0 Å². The van der Waals surface area contributed by atoms with E-state index in [1.165, 1.54) is 12.3 Å². The number of nitrogens with one attached hydrogen (secondary N) is 2. The van der Waals surface area contributed by atoms with E-state index in [0.29, 0.717) is 18.0 Å². The molecular formula is C14H13ClN2O2. The molecule has 1 aromatic heterocycles. The SMILES string of the molecule is O=C(NCCc1ccccc1)c1cc(Cl)c[nH]c1=O. The fraction of sp³-hybridized carbons (Fsp3) is 0.143. The van der Waals surface area contributed by atoms with Crippen molar-refractivity contribution in [2.45, 2.75) is 6.42 Å². The highest BCUT2D eigenvalue weighted by molar-refractivity contribution is 6.30. The average Bonchev–Trinajstić information content (AvgIpc) is 2.42. The molecule has 1 heterocycles. The number of benzene rings is 1. The zero-order valence-electron chi connectivity index (χ0n) is 10.2. The van der Waals surface area contributed by atoms with E-state index < -0.39 is 11.5 Å². The number of rotatable bonds is 4.